The predicted octanol–water partition coefficient (Wildman–Crippen LogP) is 2.50. The Hall–Kier alpha value is -1.50. The molecule has 0 radical (unpaired) electrons. The van der Waals surface area contributed by atoms with Gasteiger partial charge in [-0.05, 0) is 55.1 Å². The Morgan fingerprint density at radius 1 is 1.17 bits per heavy atom. The number of alkyl halides is 1. The molecule has 0 heterocycles. The van der Waals surface area contributed by atoms with Crippen LogP contribution >= 0.6 is 11.6 Å². The van der Waals surface area contributed by atoms with Crippen molar-refractivity contribution in [3.8, 4) is 0 Å². The molecule has 0 bridgehead atoms. The lowest BCUT2D eigenvalue weighted by atomic mass is 9.44. The second-order valence-corrected chi connectivity index (χ2v) is 11.0. The highest BCUT2D eigenvalue weighted by molar-refractivity contribution is 6.36. The van der Waals surface area contributed by atoms with Crippen LogP contribution in [0.5, 0.6) is 0 Å². The first-order valence-corrected chi connectivity index (χ1v) is 10.9. The number of fused-ring (bicyclic) bond motifs is 5. The summed E-state index contributed by atoms with van der Waals surface area (Å²) in [5.74, 6) is -4.03. The Morgan fingerprint density at radius 2 is 1.80 bits per heavy atom. The third-order valence-electron chi connectivity index (χ3n) is 9.09. The van der Waals surface area contributed by atoms with Gasteiger partial charge >= 0.3 is 5.97 Å². The molecule has 30 heavy (non-hydrogen) atoms. The minimum Gasteiger partial charge on any atom is -0.475 e. The SMILES string of the molecule is C[C@@H]1C[C@H]2[C@@H]3C[C@H](C)C4=CC(=O)C=C[C@]4(C)[C@@]3(Cl)[C@@H](O)C[C@]2(C)[C@@]1(O)C(=O)C(=O)O. The predicted molar refractivity (Wildman–Crippen MR) is 110 cm³/mol. The van der Waals surface area contributed by atoms with Gasteiger partial charge in [0.1, 0.15) is 5.60 Å². The van der Waals surface area contributed by atoms with Gasteiger partial charge in [0.25, 0.3) is 5.78 Å². The second kappa shape index (κ2) is 6.27. The van der Waals surface area contributed by atoms with Crippen molar-refractivity contribution < 1.29 is 29.7 Å². The van der Waals surface area contributed by atoms with Gasteiger partial charge in [-0.25, -0.2) is 4.79 Å². The van der Waals surface area contributed by atoms with Crippen molar-refractivity contribution in [2.75, 3.05) is 0 Å². The molecule has 0 aromatic rings. The number of carboxylic acids is 1. The van der Waals surface area contributed by atoms with Crippen LogP contribution in [-0.2, 0) is 14.4 Å². The summed E-state index contributed by atoms with van der Waals surface area (Å²) in [7, 11) is 0. The normalized spacial score (nSPS) is 52.2. The number of allylic oxidation sites excluding steroid dienone is 4. The Bertz CT molecular complexity index is 909. The molecule has 0 aliphatic heterocycles. The van der Waals surface area contributed by atoms with Gasteiger partial charge in [-0.15, -0.1) is 11.6 Å². The monoisotopic (exact) mass is 436 g/mol. The Labute approximate surface area is 181 Å². The van der Waals surface area contributed by atoms with Crippen molar-refractivity contribution in [2.45, 2.75) is 63.5 Å². The van der Waals surface area contributed by atoms with Crippen molar-refractivity contribution >= 4 is 29.1 Å². The van der Waals surface area contributed by atoms with Crippen LogP contribution in [-0.4, -0.2) is 49.4 Å². The molecule has 7 heteroatoms. The molecule has 3 N–H and O–H groups in total. The number of hydrogen-bond acceptors (Lipinski definition) is 5. The average Bonchev–Trinajstić information content (AvgIpc) is 2.86. The van der Waals surface area contributed by atoms with Crippen LogP contribution in [0.4, 0.5) is 0 Å². The summed E-state index contributed by atoms with van der Waals surface area (Å²) in [5.41, 5.74) is -3.05. The Morgan fingerprint density at radius 3 is 2.40 bits per heavy atom. The van der Waals surface area contributed by atoms with E-state index in [-0.39, 0.29) is 30.0 Å². The first kappa shape index (κ1) is 21.7. The van der Waals surface area contributed by atoms with E-state index in [4.69, 9.17) is 11.6 Å². The number of carboxylic acid groups (broad SMARTS) is 1. The Kier molecular flexibility index (Phi) is 4.54. The van der Waals surface area contributed by atoms with Crippen LogP contribution in [0.1, 0.15) is 47.0 Å². The molecular weight excluding hydrogens is 408 g/mol. The molecule has 0 unspecified atom stereocenters. The van der Waals surface area contributed by atoms with E-state index in [2.05, 4.69) is 0 Å². The first-order valence-electron chi connectivity index (χ1n) is 10.6. The lowest BCUT2D eigenvalue weighted by molar-refractivity contribution is -0.185. The van der Waals surface area contributed by atoms with Gasteiger partial charge in [-0.2, -0.15) is 0 Å². The largest absolute Gasteiger partial charge is 0.475 e. The van der Waals surface area contributed by atoms with E-state index in [9.17, 15) is 29.7 Å². The van der Waals surface area contributed by atoms with Crippen molar-refractivity contribution in [1.29, 1.82) is 0 Å². The molecule has 9 atom stereocenters. The van der Waals surface area contributed by atoms with Gasteiger partial charge in [-0.3, -0.25) is 9.59 Å². The summed E-state index contributed by atoms with van der Waals surface area (Å²) in [6.45, 7) is 7.39. The lowest BCUT2D eigenvalue weighted by Crippen LogP contribution is -2.70. The third kappa shape index (κ3) is 2.25. The minimum atomic E-state index is -2.07. The highest BCUT2D eigenvalue weighted by Crippen LogP contribution is 2.72. The van der Waals surface area contributed by atoms with Crippen LogP contribution in [0.15, 0.2) is 23.8 Å². The lowest BCUT2D eigenvalue weighted by Gasteiger charge is -2.64. The summed E-state index contributed by atoms with van der Waals surface area (Å²) < 4.78 is 0. The van der Waals surface area contributed by atoms with Gasteiger partial charge in [0.05, 0.1) is 11.0 Å². The number of hydrogen-bond donors (Lipinski definition) is 3. The Balaban J connectivity index is 1.87. The average molecular weight is 437 g/mol. The van der Waals surface area contributed by atoms with Crippen LogP contribution in [0, 0.1) is 34.5 Å². The number of aliphatic hydroxyl groups excluding tert-OH is 1. The molecule has 0 saturated heterocycles. The highest BCUT2D eigenvalue weighted by atomic mass is 35.5. The molecule has 0 amide bonds. The fraction of sp³-hybridized carbons (Fsp3) is 0.696. The smallest absolute Gasteiger partial charge is 0.375 e. The van der Waals surface area contributed by atoms with E-state index in [0.29, 0.717) is 12.8 Å². The van der Waals surface area contributed by atoms with Crippen molar-refractivity contribution in [3.63, 3.8) is 0 Å². The number of carbonyl (C=O) groups excluding carboxylic acids is 2. The van der Waals surface area contributed by atoms with E-state index >= 15 is 0 Å². The first-order chi connectivity index (χ1) is 13.7. The minimum absolute atomic E-state index is 0.0105. The summed E-state index contributed by atoms with van der Waals surface area (Å²) in [6, 6.07) is 0. The summed E-state index contributed by atoms with van der Waals surface area (Å²) in [5, 5.41) is 32.3. The molecule has 164 valence electrons. The van der Waals surface area contributed by atoms with Gasteiger partial charge in [0, 0.05) is 10.8 Å². The standard InChI is InChI=1S/C23H29ClO6/c1-11-7-16-15-8-12(2)23(30,18(27)19(28)29)21(15,4)10-17(26)22(16,24)20(3)6-5-13(25)9-14(11)20/h5-6,9,11-12,15-17,26,30H,7-8,10H2,1-4H3,(H,28,29)/t11-,12+,15-,16-,17-,20-,21-,22-,23-/m0/s1. The van der Waals surface area contributed by atoms with E-state index in [1.165, 1.54) is 6.08 Å². The second-order valence-electron chi connectivity index (χ2n) is 10.3. The number of aliphatic hydroxyl groups is 2. The molecule has 4 rings (SSSR count). The molecular formula is C23H29ClO6. The zero-order chi connectivity index (χ0) is 22.4. The van der Waals surface area contributed by atoms with E-state index in [0.717, 1.165) is 5.57 Å². The maximum atomic E-state index is 12.7. The van der Waals surface area contributed by atoms with Crippen molar-refractivity contribution in [3.05, 3.63) is 23.8 Å². The molecule has 4 aliphatic carbocycles. The van der Waals surface area contributed by atoms with Crippen LogP contribution < -0.4 is 0 Å². The third-order valence-corrected chi connectivity index (χ3v) is 10.0. The molecule has 0 aromatic carbocycles. The maximum Gasteiger partial charge on any atom is 0.375 e. The molecule has 3 saturated carbocycles. The quantitative estimate of drug-likeness (QED) is 0.453. The molecule has 4 aliphatic rings. The highest BCUT2D eigenvalue weighted by Gasteiger charge is 2.75. The molecule has 3 fully saturated rings. The number of halogens is 1. The van der Waals surface area contributed by atoms with E-state index < -0.39 is 45.1 Å². The van der Waals surface area contributed by atoms with Gasteiger partial charge in [-0.1, -0.05) is 39.3 Å². The van der Waals surface area contributed by atoms with Crippen molar-refractivity contribution in [2.24, 2.45) is 34.5 Å². The van der Waals surface area contributed by atoms with E-state index in [1.54, 1.807) is 26.0 Å². The summed E-state index contributed by atoms with van der Waals surface area (Å²) in [4.78, 5) is 35.1. The van der Waals surface area contributed by atoms with Crippen LogP contribution in [0.25, 0.3) is 0 Å². The van der Waals surface area contributed by atoms with Gasteiger partial charge in [0.2, 0.25) is 0 Å². The molecule has 0 spiro atoms. The van der Waals surface area contributed by atoms with Crippen molar-refractivity contribution in [1.82, 2.24) is 0 Å². The zero-order valence-electron chi connectivity index (χ0n) is 17.7. The van der Waals surface area contributed by atoms with E-state index in [1.807, 2.05) is 13.8 Å². The molecule has 0 aromatic heterocycles. The number of Topliss-reactive ketones (excluding diaryl/α,β-unsaturated/α-hetero) is 1. The fourth-order valence-electron chi connectivity index (χ4n) is 7.58. The molecule has 6 nitrogen and oxygen atoms in total. The van der Waals surface area contributed by atoms with Crippen LogP contribution in [0.3, 0.4) is 0 Å². The van der Waals surface area contributed by atoms with Gasteiger partial charge in [0.15, 0.2) is 5.78 Å². The number of rotatable bonds is 2. The fourth-order valence-corrected chi connectivity index (χ4v) is 8.07. The summed E-state index contributed by atoms with van der Waals surface area (Å²) >= 11 is 7.33. The van der Waals surface area contributed by atoms with Gasteiger partial charge < -0.3 is 15.3 Å². The number of ketones is 2. The number of aliphatic carboxylic acids is 1. The zero-order valence-corrected chi connectivity index (χ0v) is 18.4. The maximum absolute atomic E-state index is 12.7. The summed E-state index contributed by atoms with van der Waals surface area (Å²) in [6.07, 6.45) is 4.85. The van der Waals surface area contributed by atoms with Crippen LogP contribution in [0.2, 0.25) is 0 Å². The number of carbonyl (C=O) groups is 3. The topological polar surface area (TPSA) is 112 Å².